The first-order valence-electron chi connectivity index (χ1n) is 6.16. The molecule has 0 bridgehead atoms. The van der Waals surface area contributed by atoms with E-state index in [0.717, 1.165) is 10.6 Å². The van der Waals surface area contributed by atoms with Gasteiger partial charge in [0.05, 0.1) is 23.1 Å². The molecule has 2 heterocycles. The molecule has 0 aliphatic carbocycles. The van der Waals surface area contributed by atoms with E-state index in [1.54, 1.807) is 23.5 Å². The molecule has 2 rings (SSSR count). The van der Waals surface area contributed by atoms with Gasteiger partial charge in [0.2, 0.25) is 0 Å². The van der Waals surface area contributed by atoms with Crippen LogP contribution in [0.1, 0.15) is 17.6 Å². The van der Waals surface area contributed by atoms with E-state index in [1.165, 1.54) is 12.5 Å². The number of hydrogen-bond acceptors (Lipinski definition) is 7. The van der Waals surface area contributed by atoms with Crippen molar-refractivity contribution in [3.8, 4) is 0 Å². The zero-order valence-electron chi connectivity index (χ0n) is 12.5. The van der Waals surface area contributed by atoms with Crippen LogP contribution in [0.2, 0.25) is 0 Å². The molecule has 0 saturated heterocycles. The molecule has 1 radical (unpaired) electrons. The first-order chi connectivity index (χ1) is 11.0. The third kappa shape index (κ3) is 9.74. The fraction of sp³-hybridized carbons (Fsp3) is 0.0769. The molecule has 2 aromatic heterocycles. The molecule has 0 amide bonds. The second kappa shape index (κ2) is 12.3. The van der Waals surface area contributed by atoms with E-state index >= 15 is 0 Å². The van der Waals surface area contributed by atoms with Crippen LogP contribution < -0.4 is 11.5 Å². The van der Waals surface area contributed by atoms with Crippen molar-refractivity contribution < 1.29 is 26.6 Å². The predicted molar refractivity (Wildman–Crippen MR) is 96.1 cm³/mol. The Labute approximate surface area is 158 Å². The van der Waals surface area contributed by atoms with Gasteiger partial charge in [-0.1, -0.05) is 11.2 Å². The standard InChI is InChI=1S/C7H9N3S2.C6H7N3O2.Mn/c1-5(9-10-7(8)11)6-3-2-4-12-6;7-6(10)9-8-4-5-2-1-3-11-5;/h2-4H,1H3,(H3,8,10,11);1-4H,(H3,7,9,10);/p-1/b9-5+;8-4+;. The molecule has 11 heteroatoms. The number of nitrogens with zero attached hydrogens (tertiary/aromatic N) is 4. The number of thiophene rings is 1. The number of rotatable bonds is 4. The minimum Gasteiger partial charge on any atom is -0.741 e. The summed E-state index contributed by atoms with van der Waals surface area (Å²) >= 11 is 6.16. The van der Waals surface area contributed by atoms with Crippen LogP contribution in [0.3, 0.4) is 0 Å². The quantitative estimate of drug-likeness (QED) is 0.234. The van der Waals surface area contributed by atoms with Gasteiger partial charge in [0.25, 0.3) is 0 Å². The van der Waals surface area contributed by atoms with Crippen LogP contribution in [0.5, 0.6) is 0 Å². The van der Waals surface area contributed by atoms with Crippen molar-refractivity contribution in [3.05, 3.63) is 46.5 Å². The predicted octanol–water partition coefficient (Wildman–Crippen LogP) is 1.82. The van der Waals surface area contributed by atoms with Gasteiger partial charge >= 0.3 is 6.02 Å². The average Bonchev–Trinajstić information content (AvgIpc) is 3.18. The summed E-state index contributed by atoms with van der Waals surface area (Å²) in [7, 11) is 0. The molecule has 0 spiro atoms. The maximum absolute atomic E-state index is 8.36. The Bertz CT molecular complexity index is 688. The van der Waals surface area contributed by atoms with Crippen molar-refractivity contribution in [1.82, 2.24) is 0 Å². The Hall–Kier alpha value is -2.20. The van der Waals surface area contributed by atoms with Crippen molar-refractivity contribution in [1.29, 1.82) is 0 Å². The summed E-state index contributed by atoms with van der Waals surface area (Å²) in [5.74, 6) is 0.551. The molecule has 0 aliphatic heterocycles. The van der Waals surface area contributed by atoms with Crippen molar-refractivity contribution >= 4 is 47.1 Å². The molecular formula is C13H15MnN6O2S2-. The number of nitrogens with two attached hydrogens (primary N) is 2. The van der Waals surface area contributed by atoms with Crippen molar-refractivity contribution in [2.45, 2.75) is 6.92 Å². The summed E-state index contributed by atoms with van der Waals surface area (Å²) in [4.78, 5) is 1.08. The molecule has 0 fully saturated rings. The Morgan fingerprint density at radius 1 is 1.25 bits per heavy atom. The first kappa shape index (κ1) is 21.8. The number of amidine groups is 2. The van der Waals surface area contributed by atoms with Crippen molar-refractivity contribution in [2.75, 3.05) is 0 Å². The molecule has 2 aromatic rings. The minimum absolute atomic E-state index is 0. The van der Waals surface area contributed by atoms with E-state index in [-0.39, 0.29) is 22.2 Å². The molecule has 0 saturated carbocycles. The number of aliphatic hydroxyl groups excluding tert-OH is 1. The van der Waals surface area contributed by atoms with Gasteiger partial charge in [-0.15, -0.1) is 11.3 Å². The van der Waals surface area contributed by atoms with Crippen LogP contribution in [0.15, 0.2) is 60.7 Å². The SMILES string of the molecule is C/C(=N\N=C(/N)[S-])c1cccs1.N/C(O)=N/N=C/c1ccco1.[Mn]. The van der Waals surface area contributed by atoms with Gasteiger partial charge in [-0.25, -0.2) is 0 Å². The topological polar surface area (TPSA) is 135 Å². The van der Waals surface area contributed by atoms with E-state index in [4.69, 9.17) is 21.0 Å². The van der Waals surface area contributed by atoms with Crippen LogP contribution in [0, 0.1) is 0 Å². The van der Waals surface area contributed by atoms with Crippen LogP contribution in [-0.2, 0) is 29.7 Å². The normalized spacial score (nSPS) is 12.5. The summed E-state index contributed by atoms with van der Waals surface area (Å²) < 4.78 is 4.87. The molecule has 0 atom stereocenters. The molecular weight excluding hydrogens is 391 g/mol. The summed E-state index contributed by atoms with van der Waals surface area (Å²) in [6.45, 7) is 1.87. The average molecular weight is 406 g/mol. The Morgan fingerprint density at radius 3 is 2.50 bits per heavy atom. The summed E-state index contributed by atoms with van der Waals surface area (Å²) in [6, 6.07) is 6.77. The number of furan rings is 1. The van der Waals surface area contributed by atoms with E-state index in [1.807, 2.05) is 24.4 Å². The second-order valence-corrected chi connectivity index (χ2v) is 5.19. The summed E-state index contributed by atoms with van der Waals surface area (Å²) in [5, 5.41) is 24.4. The first-order valence-corrected chi connectivity index (χ1v) is 7.45. The summed E-state index contributed by atoms with van der Waals surface area (Å²) in [6.07, 6.45) is 2.84. The van der Waals surface area contributed by atoms with E-state index in [9.17, 15) is 0 Å². The third-order valence-electron chi connectivity index (χ3n) is 2.06. The van der Waals surface area contributed by atoms with Gasteiger partial charge in [0.15, 0.2) is 0 Å². The minimum atomic E-state index is -0.576. The van der Waals surface area contributed by atoms with Crippen molar-refractivity contribution in [3.63, 3.8) is 0 Å². The van der Waals surface area contributed by atoms with Gasteiger partial charge in [-0.05, 0) is 35.7 Å². The van der Waals surface area contributed by atoms with Gasteiger partial charge in [0, 0.05) is 17.1 Å². The largest absolute Gasteiger partial charge is 0.741 e. The molecule has 0 aliphatic rings. The molecule has 24 heavy (non-hydrogen) atoms. The van der Waals surface area contributed by atoms with Gasteiger partial charge in [-0.3, -0.25) is 0 Å². The molecule has 0 aromatic carbocycles. The van der Waals surface area contributed by atoms with Crippen LogP contribution in [-0.4, -0.2) is 28.2 Å². The van der Waals surface area contributed by atoms with E-state index in [2.05, 4.69) is 33.0 Å². The molecule has 0 unspecified atom stereocenters. The van der Waals surface area contributed by atoms with E-state index in [0.29, 0.717) is 5.76 Å². The third-order valence-corrected chi connectivity index (χ3v) is 3.12. The monoisotopic (exact) mass is 406 g/mol. The smallest absolute Gasteiger partial charge is 0.303 e. The maximum atomic E-state index is 8.36. The van der Waals surface area contributed by atoms with Gasteiger partial charge in [0.1, 0.15) is 5.76 Å². The number of hydrogen-bond donors (Lipinski definition) is 3. The van der Waals surface area contributed by atoms with Crippen LogP contribution >= 0.6 is 11.3 Å². The fourth-order valence-electron chi connectivity index (χ4n) is 1.17. The maximum Gasteiger partial charge on any atom is 0.303 e. The molecule has 5 N–H and O–H groups in total. The van der Waals surface area contributed by atoms with E-state index < -0.39 is 6.02 Å². The summed E-state index contributed by atoms with van der Waals surface area (Å²) in [5.41, 5.74) is 10.8. The number of aliphatic hydroxyl groups is 1. The second-order valence-electron chi connectivity index (χ2n) is 3.82. The Kier molecular flexibility index (Phi) is 11.1. The zero-order chi connectivity index (χ0) is 17.1. The van der Waals surface area contributed by atoms with Gasteiger partial charge in [-0.2, -0.15) is 15.3 Å². The van der Waals surface area contributed by atoms with Crippen LogP contribution in [0.4, 0.5) is 0 Å². The zero-order valence-corrected chi connectivity index (χ0v) is 15.3. The molecule has 129 valence electrons. The Morgan fingerprint density at radius 2 is 2.00 bits per heavy atom. The van der Waals surface area contributed by atoms with Gasteiger partial charge < -0.3 is 33.6 Å². The molecule has 8 nitrogen and oxygen atoms in total. The van der Waals surface area contributed by atoms with Crippen molar-refractivity contribution in [2.24, 2.45) is 31.9 Å². The Balaban J connectivity index is 0.000000425. The van der Waals surface area contributed by atoms with Crippen LogP contribution in [0.25, 0.3) is 0 Å². The fourth-order valence-corrected chi connectivity index (χ4v) is 1.88.